The lowest BCUT2D eigenvalue weighted by atomic mass is 10.0. The molecule has 0 unspecified atom stereocenters. The molecule has 0 amide bonds. The molecule has 0 saturated heterocycles. The van der Waals surface area contributed by atoms with E-state index in [9.17, 15) is 8.78 Å². The fourth-order valence-corrected chi connectivity index (χ4v) is 3.52. The number of anilines is 1. The Balaban J connectivity index is 1.79. The van der Waals surface area contributed by atoms with Gasteiger partial charge in [-0.05, 0) is 49.1 Å². The van der Waals surface area contributed by atoms with Crippen LogP contribution < -0.4 is 10.1 Å². The van der Waals surface area contributed by atoms with Gasteiger partial charge in [0.05, 0.1) is 12.8 Å². The maximum Gasteiger partial charge on any atom is 0.151 e. The Bertz CT molecular complexity index is 968. The molecule has 2 aromatic carbocycles. The van der Waals surface area contributed by atoms with Crippen molar-refractivity contribution in [1.82, 2.24) is 9.78 Å². The number of methoxy groups -OCH3 is 1. The molecule has 0 saturated carbocycles. The van der Waals surface area contributed by atoms with Crippen LogP contribution in [0.5, 0.6) is 5.75 Å². The Labute approximate surface area is 156 Å². The van der Waals surface area contributed by atoms with Crippen molar-refractivity contribution in [3.8, 4) is 11.4 Å². The number of aromatic nitrogens is 2. The second-order valence-electron chi connectivity index (χ2n) is 6.69. The van der Waals surface area contributed by atoms with E-state index in [0.29, 0.717) is 6.42 Å². The van der Waals surface area contributed by atoms with Crippen LogP contribution in [-0.4, -0.2) is 23.4 Å². The summed E-state index contributed by atoms with van der Waals surface area (Å²) in [6.45, 7) is 0.806. The highest BCUT2D eigenvalue weighted by Gasteiger charge is 2.22. The van der Waals surface area contributed by atoms with Gasteiger partial charge in [-0.2, -0.15) is 5.10 Å². The molecule has 1 N–H and O–H groups in total. The second kappa shape index (κ2) is 7.39. The zero-order valence-corrected chi connectivity index (χ0v) is 15.1. The van der Waals surface area contributed by atoms with Gasteiger partial charge in [0, 0.05) is 24.6 Å². The summed E-state index contributed by atoms with van der Waals surface area (Å²) in [5.41, 5.74) is 3.32. The number of hydrogen-bond donors (Lipinski definition) is 1. The van der Waals surface area contributed by atoms with Gasteiger partial charge in [0.15, 0.2) is 5.82 Å². The van der Waals surface area contributed by atoms with E-state index in [4.69, 9.17) is 9.84 Å². The SMILES string of the molecule is COc1cccc(Cc2nn(-c3ccc(F)cc3F)c3c2CCCCN3)c1. The molecule has 1 aliphatic heterocycles. The first-order valence-electron chi connectivity index (χ1n) is 9.08. The van der Waals surface area contributed by atoms with Crippen LogP contribution in [0, 0.1) is 11.6 Å². The zero-order valence-electron chi connectivity index (χ0n) is 15.1. The monoisotopic (exact) mass is 369 g/mol. The second-order valence-corrected chi connectivity index (χ2v) is 6.69. The third-order valence-electron chi connectivity index (χ3n) is 4.86. The highest BCUT2D eigenvalue weighted by molar-refractivity contribution is 5.55. The lowest BCUT2D eigenvalue weighted by molar-refractivity contribution is 0.414. The normalized spacial score (nSPS) is 13.6. The van der Waals surface area contributed by atoms with E-state index >= 15 is 0 Å². The molecule has 2 heterocycles. The smallest absolute Gasteiger partial charge is 0.151 e. The van der Waals surface area contributed by atoms with Crippen molar-refractivity contribution >= 4 is 5.82 Å². The van der Waals surface area contributed by atoms with Gasteiger partial charge in [-0.1, -0.05) is 12.1 Å². The average molecular weight is 369 g/mol. The van der Waals surface area contributed by atoms with E-state index in [1.54, 1.807) is 11.8 Å². The van der Waals surface area contributed by atoms with Gasteiger partial charge in [0.2, 0.25) is 0 Å². The van der Waals surface area contributed by atoms with Gasteiger partial charge in [0.1, 0.15) is 23.1 Å². The van der Waals surface area contributed by atoms with E-state index in [2.05, 4.69) is 5.32 Å². The van der Waals surface area contributed by atoms with Crippen LogP contribution in [0.1, 0.15) is 29.7 Å². The molecule has 1 aromatic heterocycles. The van der Waals surface area contributed by atoms with Gasteiger partial charge in [-0.3, -0.25) is 0 Å². The van der Waals surface area contributed by atoms with Crippen LogP contribution in [0.4, 0.5) is 14.6 Å². The highest BCUT2D eigenvalue weighted by atomic mass is 19.1. The summed E-state index contributed by atoms with van der Waals surface area (Å²) in [5, 5.41) is 8.07. The van der Waals surface area contributed by atoms with Crippen LogP contribution in [-0.2, 0) is 12.8 Å². The number of hydrogen-bond acceptors (Lipinski definition) is 3. The molecule has 4 nitrogen and oxygen atoms in total. The third kappa shape index (κ3) is 3.52. The largest absolute Gasteiger partial charge is 0.497 e. The third-order valence-corrected chi connectivity index (χ3v) is 4.86. The summed E-state index contributed by atoms with van der Waals surface area (Å²) in [6, 6.07) is 11.4. The number of rotatable bonds is 4. The van der Waals surface area contributed by atoms with Crippen LogP contribution in [0.2, 0.25) is 0 Å². The predicted octanol–water partition coefficient (Wildman–Crippen LogP) is 4.50. The quantitative estimate of drug-likeness (QED) is 0.736. The fraction of sp³-hybridized carbons (Fsp3) is 0.286. The Kier molecular flexibility index (Phi) is 4.79. The van der Waals surface area contributed by atoms with E-state index in [0.717, 1.165) is 60.3 Å². The molecule has 0 fully saturated rings. The summed E-state index contributed by atoms with van der Waals surface area (Å²) in [5.74, 6) is 0.370. The van der Waals surface area contributed by atoms with Gasteiger partial charge in [-0.15, -0.1) is 0 Å². The van der Waals surface area contributed by atoms with Crippen molar-refractivity contribution in [3.05, 3.63) is 70.9 Å². The number of benzene rings is 2. The molecule has 140 valence electrons. The Morgan fingerprint density at radius 3 is 2.85 bits per heavy atom. The number of ether oxygens (including phenoxy) is 1. The maximum atomic E-state index is 14.4. The maximum absolute atomic E-state index is 14.4. The van der Waals surface area contributed by atoms with Crippen molar-refractivity contribution < 1.29 is 13.5 Å². The first-order valence-corrected chi connectivity index (χ1v) is 9.08. The van der Waals surface area contributed by atoms with Crippen LogP contribution >= 0.6 is 0 Å². The molecule has 4 rings (SSSR count). The van der Waals surface area contributed by atoms with E-state index in [1.807, 2.05) is 24.3 Å². The molecule has 0 atom stereocenters. The van der Waals surface area contributed by atoms with Crippen molar-refractivity contribution in [2.45, 2.75) is 25.7 Å². The van der Waals surface area contributed by atoms with Gasteiger partial charge >= 0.3 is 0 Å². The predicted molar refractivity (Wildman–Crippen MR) is 101 cm³/mol. The number of fused-ring (bicyclic) bond motifs is 1. The lowest BCUT2D eigenvalue weighted by Gasteiger charge is -2.10. The number of halogens is 2. The molecule has 0 bridgehead atoms. The molecular weight excluding hydrogens is 348 g/mol. The molecule has 3 aromatic rings. The fourth-order valence-electron chi connectivity index (χ4n) is 3.52. The first-order chi connectivity index (χ1) is 13.2. The van der Waals surface area contributed by atoms with E-state index < -0.39 is 11.6 Å². The zero-order chi connectivity index (χ0) is 18.8. The molecular formula is C21H21F2N3O. The van der Waals surface area contributed by atoms with E-state index in [1.165, 1.54) is 12.1 Å². The lowest BCUT2D eigenvalue weighted by Crippen LogP contribution is -2.08. The summed E-state index contributed by atoms with van der Waals surface area (Å²) >= 11 is 0. The van der Waals surface area contributed by atoms with Crippen LogP contribution in [0.3, 0.4) is 0 Å². The Hall–Kier alpha value is -2.89. The molecule has 0 aliphatic carbocycles. The highest BCUT2D eigenvalue weighted by Crippen LogP contribution is 2.30. The Morgan fingerprint density at radius 2 is 2.04 bits per heavy atom. The number of nitrogens with one attached hydrogen (secondary N) is 1. The Morgan fingerprint density at radius 1 is 1.15 bits per heavy atom. The first kappa shape index (κ1) is 17.5. The minimum Gasteiger partial charge on any atom is -0.497 e. The van der Waals surface area contributed by atoms with Crippen LogP contribution in [0.15, 0.2) is 42.5 Å². The van der Waals surface area contributed by atoms with Gasteiger partial charge in [-0.25, -0.2) is 13.5 Å². The minimum atomic E-state index is -0.626. The van der Waals surface area contributed by atoms with Crippen molar-refractivity contribution in [2.75, 3.05) is 19.0 Å². The molecule has 0 radical (unpaired) electrons. The summed E-state index contributed by atoms with van der Waals surface area (Å²) in [4.78, 5) is 0. The topological polar surface area (TPSA) is 39.1 Å². The molecule has 27 heavy (non-hydrogen) atoms. The van der Waals surface area contributed by atoms with Gasteiger partial charge < -0.3 is 10.1 Å². The van der Waals surface area contributed by atoms with E-state index in [-0.39, 0.29) is 5.69 Å². The minimum absolute atomic E-state index is 0.249. The van der Waals surface area contributed by atoms with Crippen molar-refractivity contribution in [2.24, 2.45) is 0 Å². The van der Waals surface area contributed by atoms with Crippen molar-refractivity contribution in [1.29, 1.82) is 0 Å². The van der Waals surface area contributed by atoms with Crippen LogP contribution in [0.25, 0.3) is 5.69 Å². The number of nitrogens with zero attached hydrogens (tertiary/aromatic N) is 2. The summed E-state index contributed by atoms with van der Waals surface area (Å²) in [7, 11) is 1.64. The summed E-state index contributed by atoms with van der Waals surface area (Å²) < 4.78 is 34.6. The van der Waals surface area contributed by atoms with Gasteiger partial charge in [0.25, 0.3) is 0 Å². The molecule has 6 heteroatoms. The molecule has 0 spiro atoms. The standard InChI is InChI=1S/C21H21F2N3O/c1-27-16-6-4-5-14(11-16)12-19-17-7-2-3-10-24-21(17)26(25-19)20-9-8-15(22)13-18(20)23/h4-6,8-9,11,13,24H,2-3,7,10,12H2,1H3. The molecule has 1 aliphatic rings. The average Bonchev–Trinajstić information content (AvgIpc) is 2.83. The van der Waals surface area contributed by atoms with Crippen molar-refractivity contribution in [3.63, 3.8) is 0 Å². The summed E-state index contributed by atoms with van der Waals surface area (Å²) in [6.07, 6.45) is 3.59.